The summed E-state index contributed by atoms with van der Waals surface area (Å²) in [6, 6.07) is 10.1. The van der Waals surface area contributed by atoms with E-state index in [9.17, 15) is 0 Å². The molecule has 0 amide bonds. The van der Waals surface area contributed by atoms with Crippen molar-refractivity contribution in [2.45, 2.75) is 37.1 Å². The van der Waals surface area contributed by atoms with Crippen molar-refractivity contribution in [3.8, 4) is 17.0 Å². The number of benzene rings is 1. The summed E-state index contributed by atoms with van der Waals surface area (Å²) in [5.41, 5.74) is 1.89. The summed E-state index contributed by atoms with van der Waals surface area (Å²) in [7, 11) is 1.66. The average Bonchev–Trinajstić information content (AvgIpc) is 3.36. The van der Waals surface area contributed by atoms with Gasteiger partial charge in [-0.1, -0.05) is 0 Å². The van der Waals surface area contributed by atoms with Gasteiger partial charge in [-0.3, -0.25) is 0 Å². The van der Waals surface area contributed by atoms with Crippen molar-refractivity contribution in [3.05, 3.63) is 36.5 Å². The molecule has 0 bridgehead atoms. The summed E-state index contributed by atoms with van der Waals surface area (Å²) in [4.78, 5) is 9.06. The van der Waals surface area contributed by atoms with Gasteiger partial charge in [-0.25, -0.2) is 9.97 Å². The van der Waals surface area contributed by atoms with Crippen LogP contribution in [0.1, 0.15) is 12.8 Å². The first-order valence-electron chi connectivity index (χ1n) is 10.0. The molecule has 1 aromatic heterocycles. The molecule has 2 aliphatic heterocycles. The fraction of sp³-hybridized carbons (Fsp3) is 0.524. The molecule has 3 fully saturated rings. The lowest BCUT2D eigenvalue weighted by molar-refractivity contribution is 0.0675. The van der Waals surface area contributed by atoms with Gasteiger partial charge in [-0.05, 0) is 55.6 Å². The van der Waals surface area contributed by atoms with E-state index >= 15 is 0 Å². The van der Waals surface area contributed by atoms with E-state index in [2.05, 4.69) is 20.6 Å². The zero-order valence-electron chi connectivity index (χ0n) is 16.0. The molecule has 7 nitrogen and oxygen atoms in total. The van der Waals surface area contributed by atoms with E-state index in [1.807, 2.05) is 30.3 Å². The van der Waals surface area contributed by atoms with Crippen LogP contribution in [0.3, 0.4) is 0 Å². The average molecular weight is 382 g/mol. The van der Waals surface area contributed by atoms with Crippen LogP contribution in [-0.2, 0) is 9.47 Å². The van der Waals surface area contributed by atoms with E-state index in [0.29, 0.717) is 19.2 Å². The van der Waals surface area contributed by atoms with Crippen molar-refractivity contribution in [3.63, 3.8) is 0 Å². The van der Waals surface area contributed by atoms with Crippen molar-refractivity contribution in [1.29, 1.82) is 0 Å². The quantitative estimate of drug-likeness (QED) is 0.759. The molecule has 148 valence electrons. The maximum Gasteiger partial charge on any atom is 0.223 e. The normalized spacial score (nSPS) is 28.9. The van der Waals surface area contributed by atoms with Gasteiger partial charge in [-0.2, -0.15) is 0 Å². The van der Waals surface area contributed by atoms with Crippen LogP contribution >= 0.6 is 0 Å². The van der Waals surface area contributed by atoms with E-state index in [0.717, 1.165) is 29.5 Å². The molecular formula is C21H26N4O3. The molecule has 3 heterocycles. The summed E-state index contributed by atoms with van der Waals surface area (Å²) in [5.74, 6) is 2.28. The highest BCUT2D eigenvalue weighted by atomic mass is 16.6. The summed E-state index contributed by atoms with van der Waals surface area (Å²) in [6.07, 6.45) is 4.60. The molecule has 28 heavy (non-hydrogen) atoms. The van der Waals surface area contributed by atoms with Gasteiger partial charge in [0.25, 0.3) is 0 Å². The third-order valence-corrected chi connectivity index (χ3v) is 5.77. The predicted molar refractivity (Wildman–Crippen MR) is 105 cm³/mol. The Morgan fingerprint density at radius 2 is 1.79 bits per heavy atom. The number of hydrogen-bond acceptors (Lipinski definition) is 7. The van der Waals surface area contributed by atoms with Crippen LogP contribution in [0.25, 0.3) is 11.3 Å². The Morgan fingerprint density at radius 3 is 2.54 bits per heavy atom. The Labute approximate surface area is 164 Å². The standard InChI is InChI=1S/C21H26N4O3/c1-26-15-6-4-14(5-7-15)16-8-9-22-21(24-16)25-18-12-28-19-17(11-27-20(18)19)23-10-13-2-3-13/h4-9,13,17-20,23H,2-3,10-12H2,1H3,(H,22,24,25)/t17-,18+,19-,20+/m0/s1. The van der Waals surface area contributed by atoms with Gasteiger partial charge in [-0.15, -0.1) is 0 Å². The Kier molecular flexibility index (Phi) is 4.88. The Bertz CT molecular complexity index is 812. The molecule has 0 radical (unpaired) electrons. The SMILES string of the molecule is COc1ccc(-c2ccnc(N[C@@H]3CO[C@@H]4[C@@H]3OC[C@@H]4NCC3CC3)n2)cc1. The minimum atomic E-state index is 0.0324. The summed E-state index contributed by atoms with van der Waals surface area (Å²) in [5, 5.41) is 7.04. The molecule has 7 heteroatoms. The largest absolute Gasteiger partial charge is 0.497 e. The Morgan fingerprint density at radius 1 is 1.04 bits per heavy atom. The number of aromatic nitrogens is 2. The number of anilines is 1. The lowest BCUT2D eigenvalue weighted by atomic mass is 10.1. The highest BCUT2D eigenvalue weighted by molar-refractivity contribution is 5.61. The first-order chi connectivity index (χ1) is 13.8. The van der Waals surface area contributed by atoms with Crippen LogP contribution in [0.4, 0.5) is 5.95 Å². The van der Waals surface area contributed by atoms with E-state index in [4.69, 9.17) is 14.2 Å². The van der Waals surface area contributed by atoms with Crippen molar-refractivity contribution in [2.24, 2.45) is 5.92 Å². The molecule has 2 saturated heterocycles. The summed E-state index contributed by atoms with van der Waals surface area (Å²) < 4.78 is 17.3. The second-order valence-corrected chi connectivity index (χ2v) is 7.80. The maximum absolute atomic E-state index is 6.05. The Balaban J connectivity index is 1.24. The molecule has 0 unspecified atom stereocenters. The third kappa shape index (κ3) is 3.70. The van der Waals surface area contributed by atoms with Crippen LogP contribution in [0.2, 0.25) is 0 Å². The minimum absolute atomic E-state index is 0.0324. The molecule has 5 rings (SSSR count). The molecule has 2 N–H and O–H groups in total. The highest BCUT2D eigenvalue weighted by Crippen LogP contribution is 2.31. The van der Waals surface area contributed by atoms with Gasteiger partial charge >= 0.3 is 0 Å². The molecule has 4 atom stereocenters. The minimum Gasteiger partial charge on any atom is -0.497 e. The predicted octanol–water partition coefficient (Wildman–Crippen LogP) is 2.10. The summed E-state index contributed by atoms with van der Waals surface area (Å²) >= 11 is 0. The van der Waals surface area contributed by atoms with Gasteiger partial charge in [0.15, 0.2) is 0 Å². The molecule has 0 spiro atoms. The van der Waals surface area contributed by atoms with Gasteiger partial charge in [0, 0.05) is 11.8 Å². The highest BCUT2D eigenvalue weighted by Gasteiger charge is 2.48. The van der Waals surface area contributed by atoms with E-state index in [1.165, 1.54) is 12.8 Å². The number of ether oxygens (including phenoxy) is 3. The van der Waals surface area contributed by atoms with Gasteiger partial charge in [0.05, 0.1) is 38.1 Å². The summed E-state index contributed by atoms with van der Waals surface area (Å²) in [6.45, 7) is 2.38. The number of nitrogens with zero attached hydrogens (tertiary/aromatic N) is 2. The number of nitrogens with one attached hydrogen (secondary N) is 2. The third-order valence-electron chi connectivity index (χ3n) is 5.77. The smallest absolute Gasteiger partial charge is 0.223 e. The number of rotatable bonds is 7. The second-order valence-electron chi connectivity index (χ2n) is 7.80. The first kappa shape index (κ1) is 17.8. The van der Waals surface area contributed by atoms with Crippen molar-refractivity contribution in [2.75, 3.05) is 32.2 Å². The molecule has 1 aliphatic carbocycles. The fourth-order valence-corrected chi connectivity index (χ4v) is 3.95. The van der Waals surface area contributed by atoms with Crippen molar-refractivity contribution < 1.29 is 14.2 Å². The monoisotopic (exact) mass is 382 g/mol. The molecule has 1 aromatic carbocycles. The van der Waals surface area contributed by atoms with Crippen LogP contribution in [0.15, 0.2) is 36.5 Å². The van der Waals surface area contributed by atoms with Gasteiger partial charge in [0.2, 0.25) is 5.95 Å². The van der Waals surface area contributed by atoms with E-state index < -0.39 is 0 Å². The van der Waals surface area contributed by atoms with Gasteiger partial charge in [0.1, 0.15) is 18.0 Å². The second kappa shape index (κ2) is 7.66. The lowest BCUT2D eigenvalue weighted by Crippen LogP contribution is -2.42. The number of methoxy groups -OCH3 is 1. The molecule has 2 aromatic rings. The fourth-order valence-electron chi connectivity index (χ4n) is 3.95. The van der Waals surface area contributed by atoms with Crippen molar-refractivity contribution >= 4 is 5.95 Å². The molecule has 3 aliphatic rings. The molecule has 1 saturated carbocycles. The van der Waals surface area contributed by atoms with Crippen LogP contribution in [0.5, 0.6) is 5.75 Å². The number of hydrogen-bond donors (Lipinski definition) is 2. The van der Waals surface area contributed by atoms with Crippen LogP contribution < -0.4 is 15.4 Å². The van der Waals surface area contributed by atoms with Crippen LogP contribution in [0, 0.1) is 5.92 Å². The zero-order valence-corrected chi connectivity index (χ0v) is 16.0. The Hall–Kier alpha value is -2.22. The maximum atomic E-state index is 6.05. The topological polar surface area (TPSA) is 77.5 Å². The van der Waals surface area contributed by atoms with Gasteiger partial charge < -0.3 is 24.8 Å². The zero-order chi connectivity index (χ0) is 18.9. The van der Waals surface area contributed by atoms with Crippen LogP contribution in [-0.4, -0.2) is 61.1 Å². The number of fused-ring (bicyclic) bond motifs is 1. The van der Waals surface area contributed by atoms with E-state index in [1.54, 1.807) is 13.3 Å². The first-order valence-corrected chi connectivity index (χ1v) is 10.0. The lowest BCUT2D eigenvalue weighted by Gasteiger charge is -2.18. The van der Waals surface area contributed by atoms with E-state index in [-0.39, 0.29) is 24.3 Å². The molecular weight excluding hydrogens is 356 g/mol. The van der Waals surface area contributed by atoms with Crippen molar-refractivity contribution in [1.82, 2.24) is 15.3 Å².